The summed E-state index contributed by atoms with van der Waals surface area (Å²) in [6, 6.07) is 14.2. The Hall–Kier alpha value is -2.64. The van der Waals surface area contributed by atoms with E-state index in [0.29, 0.717) is 6.61 Å². The largest absolute Gasteiger partial charge is 0.399 e. The minimum Gasteiger partial charge on any atom is -0.357 e. The van der Waals surface area contributed by atoms with Gasteiger partial charge < -0.3 is 19.4 Å². The van der Waals surface area contributed by atoms with Gasteiger partial charge in [-0.2, -0.15) is 8.78 Å². The van der Waals surface area contributed by atoms with Crippen LogP contribution in [0, 0.1) is 0 Å². The average Bonchev–Trinajstić information content (AvgIpc) is 2.92. The minimum atomic E-state index is -5.69. The molecule has 2 N–H and O–H groups in total. The second-order valence-electron chi connectivity index (χ2n) is 9.56. The Morgan fingerprint density at radius 1 is 0.974 bits per heavy atom. The first-order chi connectivity index (χ1) is 18.0. The minimum absolute atomic E-state index is 0.0192. The van der Waals surface area contributed by atoms with Crippen molar-refractivity contribution >= 4 is 19.2 Å². The third-order valence-corrected chi connectivity index (χ3v) is 7.72. The molecule has 0 aromatic heterocycles. The number of hydrogen-bond acceptors (Lipinski definition) is 3. The number of benzene rings is 2. The third-order valence-electron chi connectivity index (χ3n) is 6.73. The maximum absolute atomic E-state index is 14.1. The van der Waals surface area contributed by atoms with E-state index >= 15 is 0 Å². The number of alkyl halides is 2. The zero-order valence-electron chi connectivity index (χ0n) is 21.8. The molecule has 38 heavy (non-hydrogen) atoms. The van der Waals surface area contributed by atoms with Crippen LogP contribution < -0.4 is 4.90 Å². The number of hydrogen-bond donors (Lipinski definition) is 2. The highest BCUT2D eigenvalue weighted by Crippen LogP contribution is 2.59. The van der Waals surface area contributed by atoms with E-state index in [1.54, 1.807) is 12.2 Å². The van der Waals surface area contributed by atoms with Gasteiger partial charge in [0.05, 0.1) is 0 Å². The Labute approximate surface area is 223 Å². The van der Waals surface area contributed by atoms with Crippen LogP contribution in [0.2, 0.25) is 0 Å². The molecule has 0 aliphatic heterocycles. The number of amides is 1. The molecule has 3 rings (SSSR count). The smallest absolute Gasteiger partial charge is 0.357 e. The standard InChI is InChI=1S/C29H36F2NO5P/c1-3-4-5-6-7-11-22-37-28(20-18-24(19-21-28)23-12-9-8-10-13-23)27(33)32(2)26-16-14-25(15-17-26)29(30,31)38(34,35)36/h8-10,12-21,24H,3-7,11,22H2,1-2H3,(H2,34,35,36). The second kappa shape index (κ2) is 12.9. The first kappa shape index (κ1) is 29.9. The summed E-state index contributed by atoms with van der Waals surface area (Å²) in [5.41, 5.74) is -5.15. The van der Waals surface area contributed by atoms with Gasteiger partial charge in [0.1, 0.15) is 0 Å². The quantitative estimate of drug-likeness (QED) is 0.162. The van der Waals surface area contributed by atoms with Crippen molar-refractivity contribution in [3.63, 3.8) is 0 Å². The fraction of sp³-hybridized carbons (Fsp3) is 0.414. The summed E-state index contributed by atoms with van der Waals surface area (Å²) in [7, 11) is -4.18. The van der Waals surface area contributed by atoms with Crippen molar-refractivity contribution in [1.82, 2.24) is 0 Å². The van der Waals surface area contributed by atoms with E-state index in [-0.39, 0.29) is 11.6 Å². The van der Waals surface area contributed by atoms with Gasteiger partial charge in [0.15, 0.2) is 5.60 Å². The SMILES string of the molecule is CCCCCCCCOC1(C(=O)N(C)c2ccc(C(F)(F)P(=O)(O)O)cc2)C=CC(c2ccccc2)C=C1. The van der Waals surface area contributed by atoms with Gasteiger partial charge in [-0.05, 0) is 36.3 Å². The van der Waals surface area contributed by atoms with Crippen LogP contribution in [-0.4, -0.2) is 34.9 Å². The predicted molar refractivity (Wildman–Crippen MR) is 145 cm³/mol. The van der Waals surface area contributed by atoms with Crippen molar-refractivity contribution in [1.29, 1.82) is 0 Å². The normalized spacial score (nSPS) is 19.5. The van der Waals surface area contributed by atoms with Crippen LogP contribution in [0.1, 0.15) is 62.5 Å². The maximum Gasteiger partial charge on any atom is 0.399 e. The zero-order chi connectivity index (χ0) is 27.8. The molecule has 0 spiro atoms. The van der Waals surface area contributed by atoms with Crippen LogP contribution in [0.5, 0.6) is 0 Å². The van der Waals surface area contributed by atoms with Crippen molar-refractivity contribution in [3.05, 3.63) is 90.0 Å². The zero-order valence-corrected chi connectivity index (χ0v) is 22.7. The number of ether oxygens (including phenoxy) is 1. The predicted octanol–water partition coefficient (Wildman–Crippen LogP) is 6.90. The van der Waals surface area contributed by atoms with Crippen LogP contribution in [0.15, 0.2) is 78.9 Å². The molecule has 0 saturated carbocycles. The molecule has 0 saturated heterocycles. The summed E-state index contributed by atoms with van der Waals surface area (Å²) in [6.45, 7) is 2.54. The van der Waals surface area contributed by atoms with Gasteiger partial charge in [0.2, 0.25) is 0 Å². The number of likely N-dealkylation sites (N-methyl/N-ethyl adjacent to an activating group) is 1. The van der Waals surface area contributed by atoms with Crippen molar-refractivity contribution in [2.24, 2.45) is 0 Å². The van der Waals surface area contributed by atoms with Crippen LogP contribution in [0.3, 0.4) is 0 Å². The van der Waals surface area contributed by atoms with Crippen LogP contribution in [-0.2, 0) is 19.8 Å². The van der Waals surface area contributed by atoms with Crippen LogP contribution in [0.4, 0.5) is 14.5 Å². The topological polar surface area (TPSA) is 87.1 Å². The van der Waals surface area contributed by atoms with Crippen LogP contribution >= 0.6 is 7.60 Å². The summed E-state index contributed by atoms with van der Waals surface area (Å²) < 4.78 is 45.5. The summed E-state index contributed by atoms with van der Waals surface area (Å²) in [4.78, 5) is 33.0. The fourth-order valence-electron chi connectivity index (χ4n) is 4.37. The fourth-order valence-corrected chi connectivity index (χ4v) is 4.85. The van der Waals surface area contributed by atoms with Crippen molar-refractivity contribution < 1.29 is 32.7 Å². The molecule has 2 aromatic carbocycles. The summed E-state index contributed by atoms with van der Waals surface area (Å²) >= 11 is 0. The molecule has 6 nitrogen and oxygen atoms in total. The molecule has 0 atom stereocenters. The molecule has 1 amide bonds. The second-order valence-corrected chi connectivity index (χ2v) is 11.2. The molecule has 206 valence electrons. The van der Waals surface area contributed by atoms with Gasteiger partial charge in [0.25, 0.3) is 5.91 Å². The molecule has 0 radical (unpaired) electrons. The van der Waals surface area contributed by atoms with Crippen LogP contribution in [0.25, 0.3) is 0 Å². The third kappa shape index (κ3) is 7.06. The summed E-state index contributed by atoms with van der Waals surface area (Å²) in [6.07, 6.45) is 13.8. The first-order valence-electron chi connectivity index (χ1n) is 12.9. The number of anilines is 1. The van der Waals surface area contributed by atoms with E-state index in [0.717, 1.165) is 43.4 Å². The molecule has 0 unspecified atom stereocenters. The molecule has 0 fully saturated rings. The molecular formula is C29H36F2NO5P. The number of allylic oxidation sites excluding steroid dienone is 2. The van der Waals surface area contributed by atoms with Gasteiger partial charge in [-0.15, -0.1) is 0 Å². The molecule has 2 aromatic rings. The van der Waals surface area contributed by atoms with Gasteiger partial charge in [-0.25, -0.2) is 0 Å². The Bertz CT molecular complexity index is 1150. The highest BCUT2D eigenvalue weighted by molar-refractivity contribution is 7.52. The number of rotatable bonds is 13. The number of carbonyl (C=O) groups excluding carboxylic acids is 1. The number of halogens is 2. The highest BCUT2D eigenvalue weighted by Gasteiger charge is 2.50. The Morgan fingerprint density at radius 3 is 2.13 bits per heavy atom. The summed E-state index contributed by atoms with van der Waals surface area (Å²) in [5.74, 6) is -0.425. The number of unbranched alkanes of at least 4 members (excludes halogenated alkanes) is 5. The van der Waals surface area contributed by atoms with E-state index in [9.17, 15) is 18.1 Å². The Morgan fingerprint density at radius 2 is 1.55 bits per heavy atom. The lowest BCUT2D eigenvalue weighted by atomic mass is 9.87. The molecule has 1 aliphatic carbocycles. The van der Waals surface area contributed by atoms with Crippen molar-refractivity contribution in [3.8, 4) is 0 Å². The van der Waals surface area contributed by atoms with E-state index in [1.165, 1.54) is 36.9 Å². The van der Waals surface area contributed by atoms with Gasteiger partial charge in [-0.3, -0.25) is 9.36 Å². The molecule has 0 bridgehead atoms. The highest BCUT2D eigenvalue weighted by atomic mass is 31.2. The van der Waals surface area contributed by atoms with E-state index in [4.69, 9.17) is 14.5 Å². The van der Waals surface area contributed by atoms with Gasteiger partial charge in [-0.1, -0.05) is 93.6 Å². The lowest BCUT2D eigenvalue weighted by molar-refractivity contribution is -0.133. The number of nitrogens with zero attached hydrogens (tertiary/aromatic N) is 1. The summed E-state index contributed by atoms with van der Waals surface area (Å²) in [5, 5.41) is 0. The van der Waals surface area contributed by atoms with Gasteiger partial charge in [0, 0.05) is 30.8 Å². The Balaban J connectivity index is 1.79. The number of carbonyl (C=O) groups is 1. The first-order valence-corrected chi connectivity index (χ1v) is 14.5. The molecule has 0 heterocycles. The van der Waals surface area contributed by atoms with Crippen molar-refractivity contribution in [2.75, 3.05) is 18.6 Å². The lowest BCUT2D eigenvalue weighted by Gasteiger charge is -2.34. The molecule has 1 aliphatic rings. The van der Waals surface area contributed by atoms with E-state index < -0.39 is 30.3 Å². The van der Waals surface area contributed by atoms with Gasteiger partial charge >= 0.3 is 13.3 Å². The molecule has 9 heteroatoms. The maximum atomic E-state index is 14.1. The monoisotopic (exact) mass is 547 g/mol. The molecular weight excluding hydrogens is 511 g/mol. The average molecular weight is 548 g/mol. The van der Waals surface area contributed by atoms with E-state index in [2.05, 4.69) is 6.92 Å². The lowest BCUT2D eigenvalue weighted by Crippen LogP contribution is -2.48. The van der Waals surface area contributed by atoms with E-state index in [1.807, 2.05) is 42.5 Å². The van der Waals surface area contributed by atoms with Crippen molar-refractivity contribution in [2.45, 2.75) is 62.6 Å². The Kier molecular flexibility index (Phi) is 10.2.